The molecule has 1 aromatic heterocycles. The summed E-state index contributed by atoms with van der Waals surface area (Å²) in [5.41, 5.74) is 2.66. The molecule has 1 spiro atoms. The van der Waals surface area contributed by atoms with Crippen LogP contribution in [0.1, 0.15) is 30.4 Å². The van der Waals surface area contributed by atoms with Crippen LogP contribution in [0.2, 0.25) is 0 Å². The number of aromatic nitrogens is 2. The molecule has 3 heterocycles. The fourth-order valence-corrected chi connectivity index (χ4v) is 5.10. The summed E-state index contributed by atoms with van der Waals surface area (Å²) in [6.45, 7) is 6.75. The summed E-state index contributed by atoms with van der Waals surface area (Å²) in [6, 6.07) is 10.5. The summed E-state index contributed by atoms with van der Waals surface area (Å²) >= 11 is 0. The van der Waals surface area contributed by atoms with E-state index in [1.165, 1.54) is 24.0 Å². The van der Waals surface area contributed by atoms with Crippen molar-refractivity contribution >= 4 is 5.95 Å². The third-order valence-corrected chi connectivity index (χ3v) is 6.54. The van der Waals surface area contributed by atoms with Crippen LogP contribution < -0.4 is 4.90 Å². The first-order valence-electron chi connectivity index (χ1n) is 10.9. The third kappa shape index (κ3) is 4.02. The summed E-state index contributed by atoms with van der Waals surface area (Å²) in [6.07, 6.45) is 8.23. The molecule has 1 aliphatic carbocycles. The maximum atomic E-state index is 6.14. The molecule has 6 nitrogen and oxygen atoms in total. The average Bonchev–Trinajstić information content (AvgIpc) is 3.24. The fourth-order valence-electron chi connectivity index (χ4n) is 5.10. The van der Waals surface area contributed by atoms with E-state index in [9.17, 15) is 0 Å². The van der Waals surface area contributed by atoms with Gasteiger partial charge >= 0.3 is 0 Å². The van der Waals surface area contributed by atoms with E-state index in [0.717, 1.165) is 51.5 Å². The smallest absolute Gasteiger partial charge is 0.225 e. The van der Waals surface area contributed by atoms with Gasteiger partial charge in [-0.15, -0.1) is 0 Å². The standard InChI is InChI=1S/C23H30N4O2/c1-2-7-21-20(6-1)17-19(18-23(21)28-15-16-29-23)5-3-10-26-11-13-27(14-12-26)22-24-8-4-9-25-22/h1-2,4,6-9,19H,3,5,10-18H2. The first-order chi connectivity index (χ1) is 14.3. The number of hydrogen-bond donors (Lipinski definition) is 0. The van der Waals surface area contributed by atoms with Crippen LogP contribution in [0.3, 0.4) is 0 Å². The predicted molar refractivity (Wildman–Crippen MR) is 112 cm³/mol. The largest absolute Gasteiger partial charge is 0.343 e. The number of hydrogen-bond acceptors (Lipinski definition) is 6. The molecule has 2 saturated heterocycles. The second kappa shape index (κ2) is 8.38. The van der Waals surface area contributed by atoms with Crippen molar-refractivity contribution in [3.63, 3.8) is 0 Å². The Kier molecular flexibility index (Phi) is 5.48. The number of piperazine rings is 1. The van der Waals surface area contributed by atoms with Crippen molar-refractivity contribution in [1.29, 1.82) is 0 Å². The van der Waals surface area contributed by atoms with Gasteiger partial charge < -0.3 is 14.4 Å². The van der Waals surface area contributed by atoms with E-state index in [1.54, 1.807) is 0 Å². The molecule has 0 amide bonds. The van der Waals surface area contributed by atoms with Gasteiger partial charge in [-0.05, 0) is 43.4 Å². The van der Waals surface area contributed by atoms with Gasteiger partial charge in [0, 0.05) is 50.6 Å². The number of fused-ring (bicyclic) bond motifs is 2. The topological polar surface area (TPSA) is 50.7 Å². The molecule has 1 aromatic carbocycles. The zero-order valence-corrected chi connectivity index (χ0v) is 17.0. The SMILES string of the molecule is c1cnc(N2CCN(CCCC3Cc4ccccc4C4(C3)OCCO4)CC2)nc1. The molecule has 1 atom stereocenters. The lowest BCUT2D eigenvalue weighted by atomic mass is 9.78. The van der Waals surface area contributed by atoms with Crippen LogP contribution >= 0.6 is 0 Å². The van der Waals surface area contributed by atoms with E-state index in [2.05, 4.69) is 44.0 Å². The van der Waals surface area contributed by atoms with E-state index in [-0.39, 0.29) is 0 Å². The summed E-state index contributed by atoms with van der Waals surface area (Å²) in [5.74, 6) is 0.998. The van der Waals surface area contributed by atoms with Gasteiger partial charge in [-0.25, -0.2) is 9.97 Å². The Morgan fingerprint density at radius 2 is 1.72 bits per heavy atom. The zero-order chi connectivity index (χ0) is 19.5. The van der Waals surface area contributed by atoms with Crippen LogP contribution in [-0.4, -0.2) is 60.8 Å². The van der Waals surface area contributed by atoms with Gasteiger partial charge in [0.2, 0.25) is 5.95 Å². The molecule has 5 rings (SSSR count). The minimum atomic E-state index is -0.485. The maximum Gasteiger partial charge on any atom is 0.225 e. The molecule has 0 bridgehead atoms. The molecular formula is C23H30N4O2. The summed E-state index contributed by atoms with van der Waals surface area (Å²) < 4.78 is 12.3. The van der Waals surface area contributed by atoms with Crippen LogP contribution in [0.4, 0.5) is 5.95 Å². The molecule has 0 N–H and O–H groups in total. The average molecular weight is 395 g/mol. The molecule has 0 radical (unpaired) electrons. The van der Waals surface area contributed by atoms with Crippen molar-refractivity contribution in [1.82, 2.24) is 14.9 Å². The van der Waals surface area contributed by atoms with Gasteiger partial charge in [-0.1, -0.05) is 24.3 Å². The third-order valence-electron chi connectivity index (χ3n) is 6.54. The van der Waals surface area contributed by atoms with E-state index >= 15 is 0 Å². The van der Waals surface area contributed by atoms with E-state index in [1.807, 2.05) is 18.5 Å². The van der Waals surface area contributed by atoms with Crippen LogP contribution in [0.15, 0.2) is 42.7 Å². The van der Waals surface area contributed by atoms with Gasteiger partial charge in [0.15, 0.2) is 5.79 Å². The number of anilines is 1. The van der Waals surface area contributed by atoms with Gasteiger partial charge in [-0.2, -0.15) is 0 Å². The van der Waals surface area contributed by atoms with Gasteiger partial charge in [0.1, 0.15) is 0 Å². The lowest BCUT2D eigenvalue weighted by Crippen LogP contribution is -2.47. The van der Waals surface area contributed by atoms with E-state index in [0.29, 0.717) is 19.1 Å². The molecule has 2 aromatic rings. The molecule has 29 heavy (non-hydrogen) atoms. The van der Waals surface area contributed by atoms with Crippen molar-refractivity contribution in [2.45, 2.75) is 31.5 Å². The maximum absolute atomic E-state index is 6.14. The lowest BCUT2D eigenvalue weighted by Gasteiger charge is -2.38. The normalized spacial score (nSPS) is 24.0. The lowest BCUT2D eigenvalue weighted by molar-refractivity contribution is -0.184. The summed E-state index contributed by atoms with van der Waals surface area (Å²) in [7, 11) is 0. The molecule has 1 unspecified atom stereocenters. The zero-order valence-electron chi connectivity index (χ0n) is 17.0. The Balaban J connectivity index is 1.12. The molecule has 0 saturated carbocycles. The Bertz CT molecular complexity index is 802. The molecule has 6 heteroatoms. The van der Waals surface area contributed by atoms with Crippen LogP contribution in [0.25, 0.3) is 0 Å². The molecule has 2 fully saturated rings. The number of ether oxygens (including phenoxy) is 2. The second-order valence-corrected chi connectivity index (χ2v) is 8.40. The first-order valence-corrected chi connectivity index (χ1v) is 10.9. The minimum absolute atomic E-state index is 0.485. The van der Waals surface area contributed by atoms with Crippen molar-refractivity contribution in [3.8, 4) is 0 Å². The Morgan fingerprint density at radius 1 is 0.966 bits per heavy atom. The fraction of sp³-hybridized carbons (Fsp3) is 0.565. The Hall–Kier alpha value is -2.02. The molecule has 154 valence electrons. The highest BCUT2D eigenvalue weighted by molar-refractivity contribution is 5.34. The predicted octanol–water partition coefficient (Wildman–Crippen LogP) is 2.84. The monoisotopic (exact) mass is 394 g/mol. The summed E-state index contributed by atoms with van der Waals surface area (Å²) in [4.78, 5) is 13.6. The Morgan fingerprint density at radius 3 is 2.52 bits per heavy atom. The number of rotatable bonds is 5. The highest BCUT2D eigenvalue weighted by Crippen LogP contribution is 2.45. The minimum Gasteiger partial charge on any atom is -0.343 e. The second-order valence-electron chi connectivity index (χ2n) is 8.40. The molecular weight excluding hydrogens is 364 g/mol. The van der Waals surface area contributed by atoms with Crippen LogP contribution in [-0.2, 0) is 21.7 Å². The summed E-state index contributed by atoms with van der Waals surface area (Å²) in [5, 5.41) is 0. The van der Waals surface area contributed by atoms with Crippen molar-refractivity contribution in [2.24, 2.45) is 5.92 Å². The highest BCUT2D eigenvalue weighted by Gasteiger charge is 2.44. The first kappa shape index (κ1) is 19.0. The van der Waals surface area contributed by atoms with Gasteiger partial charge in [0.05, 0.1) is 13.2 Å². The molecule has 2 aliphatic heterocycles. The van der Waals surface area contributed by atoms with Crippen LogP contribution in [0.5, 0.6) is 0 Å². The molecule has 3 aliphatic rings. The van der Waals surface area contributed by atoms with Crippen molar-refractivity contribution in [2.75, 3.05) is 50.8 Å². The number of benzene rings is 1. The van der Waals surface area contributed by atoms with Crippen molar-refractivity contribution in [3.05, 3.63) is 53.9 Å². The van der Waals surface area contributed by atoms with Crippen LogP contribution in [0, 0.1) is 5.92 Å². The van der Waals surface area contributed by atoms with Crippen molar-refractivity contribution < 1.29 is 9.47 Å². The number of nitrogens with zero attached hydrogens (tertiary/aromatic N) is 4. The van der Waals surface area contributed by atoms with Gasteiger partial charge in [-0.3, -0.25) is 4.90 Å². The quantitative estimate of drug-likeness (QED) is 0.777. The van der Waals surface area contributed by atoms with Gasteiger partial charge in [0.25, 0.3) is 0 Å². The van der Waals surface area contributed by atoms with E-state index < -0.39 is 5.79 Å². The highest BCUT2D eigenvalue weighted by atomic mass is 16.7. The Labute approximate surface area is 172 Å². The van der Waals surface area contributed by atoms with E-state index in [4.69, 9.17) is 9.47 Å².